The van der Waals surface area contributed by atoms with Crippen molar-refractivity contribution >= 4 is 16.9 Å². The van der Waals surface area contributed by atoms with E-state index in [2.05, 4.69) is 4.98 Å². The molecule has 4 heteroatoms. The first-order valence-electron chi connectivity index (χ1n) is 4.39. The van der Waals surface area contributed by atoms with Crippen LogP contribution in [0.15, 0.2) is 24.3 Å². The van der Waals surface area contributed by atoms with Gasteiger partial charge in [0.1, 0.15) is 11.2 Å². The largest absolute Gasteiger partial charge is 0.477 e. The van der Waals surface area contributed by atoms with E-state index in [9.17, 15) is 9.18 Å². The maximum absolute atomic E-state index is 13.6. The van der Waals surface area contributed by atoms with E-state index in [4.69, 9.17) is 5.11 Å². The summed E-state index contributed by atoms with van der Waals surface area (Å²) in [6.07, 6.45) is 0. The molecule has 0 radical (unpaired) electrons. The predicted octanol–water partition coefficient (Wildman–Crippen LogP) is 2.38. The van der Waals surface area contributed by atoms with Crippen LogP contribution in [0.4, 0.5) is 4.39 Å². The third kappa shape index (κ3) is 1.54. The van der Waals surface area contributed by atoms with Crippen molar-refractivity contribution in [1.29, 1.82) is 0 Å². The lowest BCUT2D eigenvalue weighted by molar-refractivity contribution is 0.0691. The second kappa shape index (κ2) is 3.31. The van der Waals surface area contributed by atoms with E-state index in [1.54, 1.807) is 25.1 Å². The molecule has 2 rings (SSSR count). The minimum Gasteiger partial charge on any atom is -0.477 e. The lowest BCUT2D eigenvalue weighted by atomic mass is 10.1. The van der Waals surface area contributed by atoms with Crippen LogP contribution in [0.1, 0.15) is 16.1 Å². The van der Waals surface area contributed by atoms with Crippen molar-refractivity contribution in [1.82, 2.24) is 4.98 Å². The molecule has 1 heterocycles. The smallest absolute Gasteiger partial charge is 0.354 e. The molecule has 0 aliphatic carbocycles. The average Bonchev–Trinajstić information content (AvgIpc) is 2.23. The molecule has 0 saturated heterocycles. The van der Waals surface area contributed by atoms with E-state index >= 15 is 0 Å². The Morgan fingerprint density at radius 1 is 1.33 bits per heavy atom. The number of fused-ring (bicyclic) bond motifs is 1. The Balaban J connectivity index is 2.79. The lowest BCUT2D eigenvalue weighted by Crippen LogP contribution is -2.01. The number of hydrogen-bond donors (Lipinski definition) is 1. The number of hydrogen-bond acceptors (Lipinski definition) is 2. The van der Waals surface area contributed by atoms with Crippen molar-refractivity contribution in [3.8, 4) is 0 Å². The number of carboxylic acids is 1. The zero-order valence-corrected chi connectivity index (χ0v) is 7.99. The fraction of sp³-hybridized carbons (Fsp3) is 0.0909. The minimum atomic E-state index is -1.15. The van der Waals surface area contributed by atoms with Gasteiger partial charge in [-0.15, -0.1) is 0 Å². The highest BCUT2D eigenvalue weighted by atomic mass is 19.1. The molecule has 0 amide bonds. The van der Waals surface area contributed by atoms with Gasteiger partial charge >= 0.3 is 5.97 Å². The molecule has 0 aliphatic rings. The second-order valence-corrected chi connectivity index (χ2v) is 3.27. The van der Waals surface area contributed by atoms with Crippen LogP contribution in [0.3, 0.4) is 0 Å². The monoisotopic (exact) mass is 205 g/mol. The zero-order valence-electron chi connectivity index (χ0n) is 7.99. The van der Waals surface area contributed by atoms with Gasteiger partial charge in [0, 0.05) is 5.39 Å². The summed E-state index contributed by atoms with van der Waals surface area (Å²) in [6.45, 7) is 1.61. The molecule has 15 heavy (non-hydrogen) atoms. The fourth-order valence-corrected chi connectivity index (χ4v) is 1.37. The van der Waals surface area contributed by atoms with Crippen molar-refractivity contribution in [2.45, 2.75) is 6.92 Å². The first kappa shape index (κ1) is 9.58. The van der Waals surface area contributed by atoms with Gasteiger partial charge in [-0.3, -0.25) is 0 Å². The highest BCUT2D eigenvalue weighted by Gasteiger charge is 2.09. The summed E-state index contributed by atoms with van der Waals surface area (Å²) in [5.74, 6) is -1.62. The molecule has 76 valence electrons. The number of nitrogens with zero attached hydrogens (tertiary/aromatic N) is 1. The van der Waals surface area contributed by atoms with Gasteiger partial charge in [-0.25, -0.2) is 14.2 Å². The molecule has 1 aromatic heterocycles. The number of carboxylic acid groups (broad SMARTS) is 1. The summed E-state index contributed by atoms with van der Waals surface area (Å²) >= 11 is 0. The van der Waals surface area contributed by atoms with Crippen LogP contribution in [-0.4, -0.2) is 16.1 Å². The highest BCUT2D eigenvalue weighted by molar-refractivity contribution is 5.90. The van der Waals surface area contributed by atoms with Crippen LogP contribution < -0.4 is 0 Å². The number of aromatic nitrogens is 1. The molecular weight excluding hydrogens is 197 g/mol. The van der Waals surface area contributed by atoms with Gasteiger partial charge in [0.25, 0.3) is 0 Å². The fourth-order valence-electron chi connectivity index (χ4n) is 1.37. The third-order valence-corrected chi connectivity index (χ3v) is 2.21. The lowest BCUT2D eigenvalue weighted by Gasteiger charge is -2.02. The van der Waals surface area contributed by atoms with E-state index in [0.29, 0.717) is 10.9 Å². The van der Waals surface area contributed by atoms with Crippen molar-refractivity contribution in [2.24, 2.45) is 0 Å². The first-order valence-corrected chi connectivity index (χ1v) is 4.39. The summed E-state index contributed by atoms with van der Waals surface area (Å²) in [7, 11) is 0. The molecule has 0 saturated carbocycles. The van der Waals surface area contributed by atoms with Gasteiger partial charge in [0.2, 0.25) is 0 Å². The van der Waals surface area contributed by atoms with E-state index in [-0.39, 0.29) is 11.2 Å². The minimum absolute atomic E-state index is 0.106. The molecule has 1 aromatic carbocycles. The van der Waals surface area contributed by atoms with E-state index in [1.165, 1.54) is 6.07 Å². The first-order chi connectivity index (χ1) is 7.09. The SMILES string of the molecule is Cc1ccc2ccc(C(=O)O)nc2c1F. The van der Waals surface area contributed by atoms with Gasteiger partial charge < -0.3 is 5.11 Å². The number of benzene rings is 1. The molecule has 0 fully saturated rings. The number of aryl methyl sites for hydroxylation is 1. The van der Waals surface area contributed by atoms with Crippen molar-refractivity contribution in [2.75, 3.05) is 0 Å². The Morgan fingerprint density at radius 2 is 2.00 bits per heavy atom. The summed E-state index contributed by atoms with van der Waals surface area (Å²) < 4.78 is 13.6. The van der Waals surface area contributed by atoms with Crippen LogP contribution in [-0.2, 0) is 0 Å². The molecular formula is C11H8FNO2. The average molecular weight is 205 g/mol. The van der Waals surface area contributed by atoms with Crippen LogP contribution in [0.2, 0.25) is 0 Å². The van der Waals surface area contributed by atoms with Crippen molar-refractivity contribution < 1.29 is 14.3 Å². The number of halogens is 1. The molecule has 0 unspecified atom stereocenters. The van der Waals surface area contributed by atoms with Crippen molar-refractivity contribution in [3.05, 3.63) is 41.3 Å². The Bertz CT molecular complexity index is 552. The van der Waals surface area contributed by atoms with Crippen molar-refractivity contribution in [3.63, 3.8) is 0 Å². The van der Waals surface area contributed by atoms with Gasteiger partial charge in [0.05, 0.1) is 0 Å². The molecule has 2 aromatic rings. The summed E-state index contributed by atoms with van der Waals surface area (Å²) in [5, 5.41) is 9.32. The zero-order chi connectivity index (χ0) is 11.0. The van der Waals surface area contributed by atoms with E-state index in [0.717, 1.165) is 0 Å². The second-order valence-electron chi connectivity index (χ2n) is 3.27. The Kier molecular flexibility index (Phi) is 2.11. The summed E-state index contributed by atoms with van der Waals surface area (Å²) in [4.78, 5) is 14.4. The molecule has 3 nitrogen and oxygen atoms in total. The quantitative estimate of drug-likeness (QED) is 0.777. The number of pyridine rings is 1. The van der Waals surface area contributed by atoms with Crippen LogP contribution in [0, 0.1) is 12.7 Å². The standard InChI is InChI=1S/C11H8FNO2/c1-6-2-3-7-4-5-8(11(14)15)13-10(7)9(6)12/h2-5H,1H3,(H,14,15). The summed E-state index contributed by atoms with van der Waals surface area (Å²) in [6, 6.07) is 6.26. The number of carbonyl (C=O) groups is 1. The molecule has 0 aliphatic heterocycles. The Labute approximate surface area is 85.2 Å². The van der Waals surface area contributed by atoms with Crippen LogP contribution >= 0.6 is 0 Å². The molecule has 0 spiro atoms. The van der Waals surface area contributed by atoms with Crippen LogP contribution in [0.25, 0.3) is 10.9 Å². The van der Waals surface area contributed by atoms with E-state index in [1.807, 2.05) is 0 Å². The predicted molar refractivity (Wildman–Crippen MR) is 53.4 cm³/mol. The molecule has 1 N–H and O–H groups in total. The number of aromatic carboxylic acids is 1. The maximum Gasteiger partial charge on any atom is 0.354 e. The van der Waals surface area contributed by atoms with Gasteiger partial charge in [-0.05, 0) is 18.6 Å². The topological polar surface area (TPSA) is 50.2 Å². The van der Waals surface area contributed by atoms with Crippen LogP contribution in [0.5, 0.6) is 0 Å². The highest BCUT2D eigenvalue weighted by Crippen LogP contribution is 2.19. The normalized spacial score (nSPS) is 10.5. The van der Waals surface area contributed by atoms with Gasteiger partial charge in [-0.2, -0.15) is 0 Å². The number of rotatable bonds is 1. The Morgan fingerprint density at radius 3 is 2.67 bits per heavy atom. The third-order valence-electron chi connectivity index (χ3n) is 2.21. The Hall–Kier alpha value is -1.97. The van der Waals surface area contributed by atoms with Gasteiger partial charge in [0.15, 0.2) is 5.82 Å². The maximum atomic E-state index is 13.6. The van der Waals surface area contributed by atoms with Gasteiger partial charge in [-0.1, -0.05) is 18.2 Å². The molecule has 0 atom stereocenters. The molecule has 0 bridgehead atoms. The summed E-state index contributed by atoms with van der Waals surface area (Å²) in [5.41, 5.74) is 0.416. The van der Waals surface area contributed by atoms with E-state index < -0.39 is 11.8 Å².